The fourth-order valence-corrected chi connectivity index (χ4v) is 5.02. The van der Waals surface area contributed by atoms with Gasteiger partial charge in [-0.2, -0.15) is 5.10 Å². The van der Waals surface area contributed by atoms with Crippen molar-refractivity contribution in [3.8, 4) is 5.69 Å². The molecule has 0 radical (unpaired) electrons. The molecule has 0 saturated heterocycles. The molecule has 0 unspecified atom stereocenters. The number of hydrogen-bond donors (Lipinski definition) is 1. The highest BCUT2D eigenvalue weighted by molar-refractivity contribution is 5.77. The molecule has 0 spiro atoms. The first-order valence-corrected chi connectivity index (χ1v) is 12.8. The van der Waals surface area contributed by atoms with Crippen LogP contribution in [0.5, 0.6) is 0 Å². The van der Waals surface area contributed by atoms with Crippen LogP contribution in [0.15, 0.2) is 29.1 Å². The molecule has 0 aliphatic heterocycles. The average Bonchev–Trinajstić information content (AvgIpc) is 3.20. The Hall–Kier alpha value is -3.00. The van der Waals surface area contributed by atoms with E-state index < -0.39 is 0 Å². The van der Waals surface area contributed by atoms with Crippen molar-refractivity contribution in [3.63, 3.8) is 0 Å². The maximum Gasteiger partial charge on any atom is 0.273 e. The van der Waals surface area contributed by atoms with Gasteiger partial charge in [0.1, 0.15) is 11.2 Å². The quantitative estimate of drug-likeness (QED) is 0.476. The molecule has 0 bridgehead atoms. The molecule has 1 aliphatic rings. The van der Waals surface area contributed by atoms with Crippen LogP contribution in [0.3, 0.4) is 0 Å². The molecule has 1 saturated carbocycles. The minimum atomic E-state index is -0.187. The Morgan fingerprint density at radius 2 is 1.86 bits per heavy atom. The minimum Gasteiger partial charge on any atom is -0.356 e. The zero-order valence-corrected chi connectivity index (χ0v) is 21.5. The second-order valence-corrected chi connectivity index (χ2v) is 9.90. The maximum atomic E-state index is 13.0. The van der Waals surface area contributed by atoms with Crippen LogP contribution in [0.2, 0.25) is 0 Å². The van der Waals surface area contributed by atoms with Gasteiger partial charge in [0.15, 0.2) is 5.65 Å². The van der Waals surface area contributed by atoms with Crippen molar-refractivity contribution in [1.82, 2.24) is 29.5 Å². The number of benzene rings is 1. The molecule has 2 aromatic heterocycles. The van der Waals surface area contributed by atoms with Gasteiger partial charge in [-0.1, -0.05) is 37.0 Å². The molecule has 188 valence electrons. The van der Waals surface area contributed by atoms with Gasteiger partial charge in [-0.3, -0.25) is 14.2 Å². The topological polar surface area (TPSA) is 85.1 Å². The summed E-state index contributed by atoms with van der Waals surface area (Å²) < 4.78 is 3.36. The second-order valence-electron chi connectivity index (χ2n) is 9.90. The summed E-state index contributed by atoms with van der Waals surface area (Å²) in [7, 11) is 3.93. The molecule has 2 heterocycles. The molecular weight excluding hydrogens is 440 g/mol. The van der Waals surface area contributed by atoms with E-state index in [1.54, 1.807) is 16.3 Å². The van der Waals surface area contributed by atoms with E-state index in [0.717, 1.165) is 29.9 Å². The molecule has 35 heavy (non-hydrogen) atoms. The SMILES string of the molecule is Cc1ccc(-n2nc(C)c3nc(CCC(=O)NCCCN(C)C4CCCCC4)c(=O)n(C)c32)cc1. The van der Waals surface area contributed by atoms with E-state index in [2.05, 4.69) is 27.3 Å². The summed E-state index contributed by atoms with van der Waals surface area (Å²) in [4.78, 5) is 32.6. The van der Waals surface area contributed by atoms with Crippen LogP contribution in [0.1, 0.15) is 61.9 Å². The lowest BCUT2D eigenvalue weighted by atomic mass is 9.94. The van der Waals surface area contributed by atoms with Gasteiger partial charge < -0.3 is 10.2 Å². The lowest BCUT2D eigenvalue weighted by Gasteiger charge is -2.31. The van der Waals surface area contributed by atoms with Crippen LogP contribution in [0.4, 0.5) is 0 Å². The van der Waals surface area contributed by atoms with Gasteiger partial charge in [-0.25, -0.2) is 9.67 Å². The average molecular weight is 479 g/mol. The van der Waals surface area contributed by atoms with Crippen LogP contribution in [-0.4, -0.2) is 56.3 Å². The molecule has 8 nitrogen and oxygen atoms in total. The van der Waals surface area contributed by atoms with Crippen molar-refractivity contribution in [1.29, 1.82) is 0 Å². The molecular formula is C27H38N6O2. The molecule has 4 rings (SSSR count). The summed E-state index contributed by atoms with van der Waals surface area (Å²) in [6.45, 7) is 5.58. The molecule has 3 aromatic rings. The van der Waals surface area contributed by atoms with E-state index in [1.807, 2.05) is 38.1 Å². The summed E-state index contributed by atoms with van der Waals surface area (Å²) >= 11 is 0. The molecule has 1 fully saturated rings. The molecule has 1 aromatic carbocycles. The molecule has 1 N–H and O–H groups in total. The Labute approximate surface area is 207 Å². The van der Waals surface area contributed by atoms with E-state index in [0.29, 0.717) is 35.9 Å². The first-order chi connectivity index (χ1) is 16.8. The van der Waals surface area contributed by atoms with Crippen molar-refractivity contribution in [2.45, 2.75) is 71.3 Å². The molecule has 0 atom stereocenters. The van der Waals surface area contributed by atoms with E-state index in [9.17, 15) is 9.59 Å². The Bertz CT molecular complexity index is 1220. The summed E-state index contributed by atoms with van der Waals surface area (Å²) in [5.41, 5.74) is 4.35. The number of hydrogen-bond acceptors (Lipinski definition) is 5. The van der Waals surface area contributed by atoms with Crippen molar-refractivity contribution >= 4 is 17.1 Å². The zero-order valence-electron chi connectivity index (χ0n) is 21.5. The van der Waals surface area contributed by atoms with Crippen molar-refractivity contribution in [2.24, 2.45) is 7.05 Å². The summed E-state index contributed by atoms with van der Waals surface area (Å²) in [6.07, 6.45) is 8.09. The van der Waals surface area contributed by atoms with Gasteiger partial charge in [-0.05, 0) is 58.8 Å². The minimum absolute atomic E-state index is 0.0404. The Kier molecular flexibility index (Phi) is 8.00. The first-order valence-electron chi connectivity index (χ1n) is 12.8. The van der Waals surface area contributed by atoms with Crippen molar-refractivity contribution in [3.05, 3.63) is 51.6 Å². The van der Waals surface area contributed by atoms with E-state index in [1.165, 1.54) is 32.1 Å². The van der Waals surface area contributed by atoms with Crippen LogP contribution < -0.4 is 10.9 Å². The highest BCUT2D eigenvalue weighted by Crippen LogP contribution is 2.22. The summed E-state index contributed by atoms with van der Waals surface area (Å²) in [5.74, 6) is -0.0404. The second kappa shape index (κ2) is 11.2. The van der Waals surface area contributed by atoms with E-state index in [-0.39, 0.29) is 17.9 Å². The van der Waals surface area contributed by atoms with Gasteiger partial charge in [-0.15, -0.1) is 0 Å². The first kappa shape index (κ1) is 25.1. The third-order valence-electron chi connectivity index (χ3n) is 7.20. The lowest BCUT2D eigenvalue weighted by Crippen LogP contribution is -2.36. The summed E-state index contributed by atoms with van der Waals surface area (Å²) in [5, 5.41) is 7.64. The van der Waals surface area contributed by atoms with Gasteiger partial charge in [0.2, 0.25) is 5.91 Å². The Morgan fingerprint density at radius 1 is 1.14 bits per heavy atom. The molecule has 8 heteroatoms. The number of aryl methyl sites for hydroxylation is 4. The Balaban J connectivity index is 1.35. The highest BCUT2D eigenvalue weighted by atomic mass is 16.1. The van der Waals surface area contributed by atoms with Crippen LogP contribution in [0, 0.1) is 13.8 Å². The standard InChI is InChI=1S/C27H38N6O2/c1-19-11-13-22(14-12-19)33-26-25(20(2)30-33)29-23(27(35)32(26)4)15-16-24(34)28-17-8-18-31(3)21-9-6-5-7-10-21/h11-14,21H,5-10,15-18H2,1-4H3,(H,28,34). The fraction of sp³-hybridized carbons (Fsp3) is 0.556. The number of nitrogens with one attached hydrogen (secondary N) is 1. The fourth-order valence-electron chi connectivity index (χ4n) is 5.02. The van der Waals surface area contributed by atoms with E-state index in [4.69, 9.17) is 0 Å². The van der Waals surface area contributed by atoms with Crippen LogP contribution in [-0.2, 0) is 18.3 Å². The van der Waals surface area contributed by atoms with Gasteiger partial charge >= 0.3 is 0 Å². The molecule has 1 amide bonds. The number of amides is 1. The van der Waals surface area contributed by atoms with Crippen LogP contribution >= 0.6 is 0 Å². The number of carbonyl (C=O) groups excluding carboxylic acids is 1. The van der Waals surface area contributed by atoms with Crippen LogP contribution in [0.25, 0.3) is 16.9 Å². The summed E-state index contributed by atoms with van der Waals surface area (Å²) in [6, 6.07) is 8.69. The zero-order chi connectivity index (χ0) is 24.9. The normalized spacial score (nSPS) is 14.7. The number of rotatable bonds is 9. The Morgan fingerprint density at radius 3 is 2.57 bits per heavy atom. The maximum absolute atomic E-state index is 13.0. The number of aromatic nitrogens is 4. The predicted molar refractivity (Wildman–Crippen MR) is 139 cm³/mol. The number of carbonyl (C=O) groups is 1. The van der Waals surface area contributed by atoms with E-state index >= 15 is 0 Å². The number of nitrogens with zero attached hydrogens (tertiary/aromatic N) is 5. The highest BCUT2D eigenvalue weighted by Gasteiger charge is 2.19. The smallest absolute Gasteiger partial charge is 0.273 e. The van der Waals surface area contributed by atoms with Gasteiger partial charge in [0.05, 0.1) is 11.4 Å². The van der Waals surface area contributed by atoms with Crippen molar-refractivity contribution in [2.75, 3.05) is 20.1 Å². The lowest BCUT2D eigenvalue weighted by molar-refractivity contribution is -0.121. The third-order valence-corrected chi connectivity index (χ3v) is 7.20. The largest absolute Gasteiger partial charge is 0.356 e. The molecule has 1 aliphatic carbocycles. The predicted octanol–water partition coefficient (Wildman–Crippen LogP) is 3.44. The monoisotopic (exact) mass is 478 g/mol. The third kappa shape index (κ3) is 5.81. The van der Waals surface area contributed by atoms with Crippen molar-refractivity contribution < 1.29 is 4.79 Å². The number of fused-ring (bicyclic) bond motifs is 1. The van der Waals surface area contributed by atoms with Gasteiger partial charge in [0.25, 0.3) is 5.56 Å². The van der Waals surface area contributed by atoms with Gasteiger partial charge in [0, 0.05) is 32.5 Å².